The van der Waals surface area contributed by atoms with Gasteiger partial charge in [0, 0.05) is 5.31 Å². The average Bonchev–Trinajstić information content (AvgIpc) is 2.32. The molecule has 0 aromatic heterocycles. The van der Waals surface area contributed by atoms with E-state index in [1.807, 2.05) is 30.3 Å². The minimum Gasteiger partial charge on any atom is -0.290 e. The molecule has 1 aliphatic rings. The van der Waals surface area contributed by atoms with E-state index in [0.717, 1.165) is 6.16 Å². The van der Waals surface area contributed by atoms with Crippen molar-refractivity contribution in [2.24, 2.45) is 0 Å². The third-order valence-electron chi connectivity index (χ3n) is 2.28. The molecule has 0 saturated carbocycles. The van der Waals surface area contributed by atoms with E-state index in [2.05, 4.69) is 0 Å². The highest BCUT2D eigenvalue weighted by Crippen LogP contribution is 2.30. The van der Waals surface area contributed by atoms with Crippen LogP contribution in [0.5, 0.6) is 0 Å². The van der Waals surface area contributed by atoms with E-state index in [-0.39, 0.29) is 28.5 Å². The maximum absolute atomic E-state index is 11.5. The minimum absolute atomic E-state index is 0. The summed E-state index contributed by atoms with van der Waals surface area (Å²) in [5.41, 5.74) is 1.19. The molecule has 0 bridgehead atoms. The lowest BCUT2D eigenvalue weighted by molar-refractivity contribution is -0.114. The molecule has 0 fully saturated rings. The van der Waals surface area contributed by atoms with Crippen LogP contribution in [-0.4, -0.2) is 11.6 Å². The molecular formula is C13H12BrO2P. The fraction of sp³-hybridized carbons (Fsp3) is 0.0769. The van der Waals surface area contributed by atoms with Crippen molar-refractivity contribution in [1.82, 2.24) is 0 Å². The van der Waals surface area contributed by atoms with Gasteiger partial charge in [0.05, 0.1) is 0 Å². The molecule has 88 valence electrons. The fourth-order valence-corrected chi connectivity index (χ4v) is 2.57. The normalized spacial score (nSPS) is 14.9. The predicted octanol–water partition coefficient (Wildman–Crippen LogP) is 3.03. The number of hydrogen-bond acceptors (Lipinski definition) is 2. The van der Waals surface area contributed by atoms with E-state index in [1.54, 1.807) is 0 Å². The summed E-state index contributed by atoms with van der Waals surface area (Å²) in [5, 5.41) is 0.636. The number of rotatable bonds is 3. The van der Waals surface area contributed by atoms with Gasteiger partial charge in [-0.2, -0.15) is 0 Å². The molecule has 1 aromatic carbocycles. The van der Waals surface area contributed by atoms with Crippen molar-refractivity contribution < 1.29 is 9.59 Å². The molecule has 1 aromatic rings. The first-order valence-electron chi connectivity index (χ1n) is 5.01. The van der Waals surface area contributed by atoms with Crippen molar-refractivity contribution in [3.63, 3.8) is 0 Å². The minimum atomic E-state index is -0.0878. The van der Waals surface area contributed by atoms with Crippen LogP contribution in [0.15, 0.2) is 53.9 Å². The van der Waals surface area contributed by atoms with Crippen molar-refractivity contribution >= 4 is 37.1 Å². The van der Waals surface area contributed by atoms with Crippen LogP contribution in [0, 0.1) is 0 Å². The number of carbonyl (C=O) groups excluding carboxylic acids is 2. The molecule has 17 heavy (non-hydrogen) atoms. The molecule has 2 rings (SSSR count). The summed E-state index contributed by atoms with van der Waals surface area (Å²) in [6.07, 6.45) is 4.94. The van der Waals surface area contributed by atoms with Gasteiger partial charge in [0.25, 0.3) is 0 Å². The first-order chi connectivity index (χ1) is 7.75. The summed E-state index contributed by atoms with van der Waals surface area (Å²) in [6, 6.07) is 9.96. The second kappa shape index (κ2) is 6.63. The molecule has 1 atom stereocenters. The second-order valence-electron chi connectivity index (χ2n) is 3.50. The van der Waals surface area contributed by atoms with Gasteiger partial charge in [-0.05, 0) is 30.0 Å². The summed E-state index contributed by atoms with van der Waals surface area (Å²) >= 11 is 0. The number of hydrogen-bond donors (Lipinski definition) is 0. The van der Waals surface area contributed by atoms with Gasteiger partial charge in [-0.15, -0.1) is 17.0 Å². The number of ketones is 2. The molecule has 4 heteroatoms. The zero-order chi connectivity index (χ0) is 11.4. The van der Waals surface area contributed by atoms with E-state index in [0.29, 0.717) is 13.9 Å². The Bertz CT molecular complexity index is 477. The van der Waals surface area contributed by atoms with Gasteiger partial charge < -0.3 is 0 Å². The zero-order valence-electron chi connectivity index (χ0n) is 9.05. The lowest BCUT2D eigenvalue weighted by Crippen LogP contribution is -2.04. The number of allylic oxidation sites excluding steroid dienone is 4. The third kappa shape index (κ3) is 4.03. The highest BCUT2D eigenvalue weighted by Gasteiger charge is 2.12. The van der Waals surface area contributed by atoms with Gasteiger partial charge in [0.1, 0.15) is 0 Å². The Balaban J connectivity index is 0.00000144. The van der Waals surface area contributed by atoms with Crippen LogP contribution in [0.1, 0.15) is 5.56 Å². The summed E-state index contributed by atoms with van der Waals surface area (Å²) in [6.45, 7) is 0. The van der Waals surface area contributed by atoms with Gasteiger partial charge in [-0.3, -0.25) is 9.59 Å². The lowest BCUT2D eigenvalue weighted by Gasteiger charge is -2.06. The molecule has 0 aliphatic heterocycles. The second-order valence-corrected chi connectivity index (χ2v) is 4.74. The smallest absolute Gasteiger partial charge is 0.186 e. The highest BCUT2D eigenvalue weighted by atomic mass is 79.9. The lowest BCUT2D eigenvalue weighted by atomic mass is 10.2. The van der Waals surface area contributed by atoms with Crippen molar-refractivity contribution in [3.05, 3.63) is 59.4 Å². The van der Waals surface area contributed by atoms with E-state index in [1.165, 1.54) is 23.8 Å². The quantitative estimate of drug-likeness (QED) is 0.635. The summed E-state index contributed by atoms with van der Waals surface area (Å²) in [5.74, 6) is -0.121. The molecule has 2 nitrogen and oxygen atoms in total. The summed E-state index contributed by atoms with van der Waals surface area (Å²) < 4.78 is 0. The van der Waals surface area contributed by atoms with Gasteiger partial charge in [0.2, 0.25) is 0 Å². The van der Waals surface area contributed by atoms with E-state index < -0.39 is 0 Å². The molecule has 1 unspecified atom stereocenters. The van der Waals surface area contributed by atoms with E-state index >= 15 is 0 Å². The average molecular weight is 311 g/mol. The van der Waals surface area contributed by atoms with Crippen LogP contribution in [0.2, 0.25) is 0 Å². The standard InChI is InChI=1S/C13H11O2P.BrH/c14-11-6-7-12(15)13(8-11)16-9-10-4-2-1-3-5-10;/h1-8,16H,9H2;1H. The molecule has 0 heterocycles. The molecule has 0 radical (unpaired) electrons. The number of benzene rings is 1. The van der Waals surface area contributed by atoms with E-state index in [4.69, 9.17) is 0 Å². The Morgan fingerprint density at radius 2 is 1.71 bits per heavy atom. The zero-order valence-corrected chi connectivity index (χ0v) is 11.8. The van der Waals surface area contributed by atoms with Crippen LogP contribution < -0.4 is 0 Å². The van der Waals surface area contributed by atoms with Crippen LogP contribution in [0.25, 0.3) is 0 Å². The first-order valence-corrected chi connectivity index (χ1v) is 6.22. The topological polar surface area (TPSA) is 34.1 Å². The van der Waals surface area contributed by atoms with Gasteiger partial charge >= 0.3 is 0 Å². The first kappa shape index (κ1) is 14.0. The van der Waals surface area contributed by atoms with Crippen LogP contribution in [-0.2, 0) is 15.8 Å². The molecule has 0 saturated heterocycles. The fourth-order valence-electron chi connectivity index (χ4n) is 1.44. The van der Waals surface area contributed by atoms with Crippen molar-refractivity contribution in [2.75, 3.05) is 0 Å². The Labute approximate surface area is 112 Å². The highest BCUT2D eigenvalue weighted by molar-refractivity contribution is 8.93. The van der Waals surface area contributed by atoms with Crippen molar-refractivity contribution in [2.45, 2.75) is 6.16 Å². The SMILES string of the molecule is Br.O=C1C=CC(=O)C(PCc2ccccc2)=C1. The molecule has 0 spiro atoms. The van der Waals surface area contributed by atoms with Crippen LogP contribution >= 0.6 is 25.6 Å². The maximum atomic E-state index is 11.5. The summed E-state index contributed by atoms with van der Waals surface area (Å²) in [7, 11) is 0.365. The van der Waals surface area contributed by atoms with Crippen molar-refractivity contribution in [1.29, 1.82) is 0 Å². The Kier molecular flexibility index (Phi) is 5.46. The largest absolute Gasteiger partial charge is 0.290 e. The Hall–Kier alpha value is -1.05. The third-order valence-corrected chi connectivity index (χ3v) is 3.63. The van der Waals surface area contributed by atoms with Crippen LogP contribution in [0.3, 0.4) is 0 Å². The van der Waals surface area contributed by atoms with Gasteiger partial charge in [-0.1, -0.05) is 38.9 Å². The van der Waals surface area contributed by atoms with E-state index in [9.17, 15) is 9.59 Å². The Morgan fingerprint density at radius 1 is 1.00 bits per heavy atom. The molecule has 1 aliphatic carbocycles. The van der Waals surface area contributed by atoms with Gasteiger partial charge in [-0.25, -0.2) is 0 Å². The summed E-state index contributed by atoms with van der Waals surface area (Å²) in [4.78, 5) is 22.6. The van der Waals surface area contributed by atoms with Crippen LogP contribution in [0.4, 0.5) is 0 Å². The molecule has 0 N–H and O–H groups in total. The molecule has 0 amide bonds. The maximum Gasteiger partial charge on any atom is 0.186 e. The number of carbonyl (C=O) groups is 2. The molecular weight excluding hydrogens is 299 g/mol. The Morgan fingerprint density at radius 3 is 2.41 bits per heavy atom. The number of halogens is 1. The predicted molar refractivity (Wildman–Crippen MR) is 76.0 cm³/mol. The van der Waals surface area contributed by atoms with Gasteiger partial charge in [0.15, 0.2) is 11.6 Å². The van der Waals surface area contributed by atoms with Crippen molar-refractivity contribution in [3.8, 4) is 0 Å². The monoisotopic (exact) mass is 310 g/mol.